The van der Waals surface area contributed by atoms with Gasteiger partial charge in [-0.05, 0) is 42.3 Å². The summed E-state index contributed by atoms with van der Waals surface area (Å²) in [6.07, 6.45) is 5.09. The van der Waals surface area contributed by atoms with Crippen molar-refractivity contribution in [3.63, 3.8) is 0 Å². The number of aromatic nitrogens is 3. The van der Waals surface area contributed by atoms with Gasteiger partial charge in [0.15, 0.2) is 5.82 Å². The minimum atomic E-state index is -3.44. The van der Waals surface area contributed by atoms with Crippen LogP contribution in [0.1, 0.15) is 16.7 Å². The average Bonchev–Trinajstić information content (AvgIpc) is 2.74. The third-order valence-electron chi connectivity index (χ3n) is 4.71. The first-order valence-corrected chi connectivity index (χ1v) is 11.9. The maximum absolute atomic E-state index is 11.6. The number of rotatable bonds is 7. The fraction of sp³-hybridized carbons (Fsp3) is 0.250. The van der Waals surface area contributed by atoms with Gasteiger partial charge in [0, 0.05) is 30.5 Å². The lowest BCUT2D eigenvalue weighted by molar-refractivity contribution is 0.606. The number of anilines is 4. The van der Waals surface area contributed by atoms with Crippen LogP contribution >= 0.6 is 24.0 Å². The molecule has 2 aromatic heterocycles. The minimum Gasteiger partial charge on any atom is -0.364 e. The third kappa shape index (κ3) is 6.19. The summed E-state index contributed by atoms with van der Waals surface area (Å²) in [5.74, 6) is 1.08. The first kappa shape index (κ1) is 24.0. The Bertz CT molecular complexity index is 1210. The number of sulfonamides is 1. The van der Waals surface area contributed by atoms with Gasteiger partial charge < -0.3 is 16.0 Å². The maximum atomic E-state index is 11.6. The fourth-order valence-corrected chi connectivity index (χ4v) is 3.96. The Morgan fingerprint density at radius 3 is 2.81 bits per heavy atom. The van der Waals surface area contributed by atoms with Crippen molar-refractivity contribution in [1.29, 1.82) is 0 Å². The second kappa shape index (κ2) is 10.3. The van der Waals surface area contributed by atoms with Gasteiger partial charge in [-0.1, -0.05) is 23.7 Å². The van der Waals surface area contributed by atoms with Gasteiger partial charge >= 0.3 is 0 Å². The number of pyridine rings is 1. The summed E-state index contributed by atoms with van der Waals surface area (Å²) < 4.78 is 25.5. The monoisotopic (exact) mass is 495 g/mol. The molecule has 1 aliphatic rings. The van der Waals surface area contributed by atoms with E-state index in [1.54, 1.807) is 12.1 Å². The highest BCUT2D eigenvalue weighted by atomic mass is 35.5. The molecule has 0 spiro atoms. The molecule has 3 heterocycles. The van der Waals surface area contributed by atoms with Crippen LogP contribution in [0, 0.1) is 0 Å². The van der Waals surface area contributed by atoms with Crippen molar-refractivity contribution in [3.8, 4) is 0 Å². The Hall–Kier alpha value is -2.66. The SMILES string of the molecule is CS(=O)(=O)Nc1ncccc1CNc1nc(Nc2ccc3c(c2)CCNC3)ncc1Cl.Cl. The van der Waals surface area contributed by atoms with E-state index in [-0.39, 0.29) is 24.8 Å². The highest BCUT2D eigenvalue weighted by Crippen LogP contribution is 2.25. The standard InChI is InChI=1S/C20H22ClN7O2S.ClH/c1-31(29,30)28-18-15(3-2-7-23-18)11-24-19-17(21)12-25-20(27-19)26-16-5-4-14-10-22-8-6-13(14)9-16;/h2-5,7,9,12,22H,6,8,10-11H2,1H3,(H,23,28)(H2,24,25,26,27);1H. The zero-order valence-electron chi connectivity index (χ0n) is 17.2. The van der Waals surface area contributed by atoms with Crippen molar-refractivity contribution < 1.29 is 8.42 Å². The summed E-state index contributed by atoms with van der Waals surface area (Å²) in [5.41, 5.74) is 4.16. The first-order chi connectivity index (χ1) is 14.9. The molecule has 0 unspecified atom stereocenters. The lowest BCUT2D eigenvalue weighted by Crippen LogP contribution is -2.23. The van der Waals surface area contributed by atoms with Gasteiger partial charge in [-0.15, -0.1) is 12.4 Å². The molecule has 1 aromatic carbocycles. The van der Waals surface area contributed by atoms with E-state index in [9.17, 15) is 8.42 Å². The summed E-state index contributed by atoms with van der Waals surface area (Å²) in [5, 5.41) is 10.1. The molecule has 0 aliphatic carbocycles. The van der Waals surface area contributed by atoms with Crippen LogP contribution in [-0.4, -0.2) is 36.2 Å². The molecule has 4 N–H and O–H groups in total. The zero-order valence-corrected chi connectivity index (χ0v) is 19.6. The van der Waals surface area contributed by atoms with Crippen LogP contribution in [0.2, 0.25) is 5.02 Å². The number of nitrogens with one attached hydrogen (secondary N) is 4. The van der Waals surface area contributed by atoms with Gasteiger partial charge in [0.05, 0.1) is 12.5 Å². The molecule has 0 atom stereocenters. The van der Waals surface area contributed by atoms with E-state index in [0.717, 1.165) is 31.5 Å². The van der Waals surface area contributed by atoms with Crippen LogP contribution in [-0.2, 0) is 29.5 Å². The van der Waals surface area contributed by atoms with Gasteiger partial charge in [-0.2, -0.15) is 4.98 Å². The fourth-order valence-electron chi connectivity index (χ4n) is 3.26. The minimum absolute atomic E-state index is 0. The highest BCUT2D eigenvalue weighted by Gasteiger charge is 2.12. The first-order valence-electron chi connectivity index (χ1n) is 9.65. The third-order valence-corrected chi connectivity index (χ3v) is 5.55. The van der Waals surface area contributed by atoms with E-state index in [1.165, 1.54) is 23.5 Å². The molecule has 0 radical (unpaired) electrons. The maximum Gasteiger partial charge on any atom is 0.230 e. The molecule has 170 valence electrons. The lowest BCUT2D eigenvalue weighted by Gasteiger charge is -2.18. The molecule has 0 amide bonds. The van der Waals surface area contributed by atoms with Gasteiger partial charge in [-0.3, -0.25) is 4.72 Å². The van der Waals surface area contributed by atoms with E-state index in [4.69, 9.17) is 11.6 Å². The van der Waals surface area contributed by atoms with Crippen LogP contribution in [0.4, 0.5) is 23.3 Å². The van der Waals surface area contributed by atoms with Gasteiger partial charge in [0.25, 0.3) is 0 Å². The summed E-state index contributed by atoms with van der Waals surface area (Å²) in [4.78, 5) is 12.8. The molecule has 32 heavy (non-hydrogen) atoms. The Kier molecular flexibility index (Phi) is 7.73. The number of fused-ring (bicyclic) bond motifs is 1. The average molecular weight is 496 g/mol. The number of hydrogen-bond acceptors (Lipinski definition) is 8. The Morgan fingerprint density at radius 1 is 1.16 bits per heavy atom. The molecular weight excluding hydrogens is 473 g/mol. The number of nitrogens with zero attached hydrogens (tertiary/aromatic N) is 3. The highest BCUT2D eigenvalue weighted by molar-refractivity contribution is 7.92. The van der Waals surface area contributed by atoms with Gasteiger partial charge in [0.2, 0.25) is 16.0 Å². The van der Waals surface area contributed by atoms with E-state index in [0.29, 0.717) is 22.4 Å². The predicted molar refractivity (Wildman–Crippen MR) is 129 cm³/mol. The largest absolute Gasteiger partial charge is 0.364 e. The molecule has 0 bridgehead atoms. The molecule has 0 saturated heterocycles. The van der Waals surface area contributed by atoms with Crippen LogP contribution in [0.25, 0.3) is 0 Å². The van der Waals surface area contributed by atoms with Crippen molar-refractivity contribution in [2.75, 3.05) is 28.2 Å². The van der Waals surface area contributed by atoms with Crippen molar-refractivity contribution in [2.45, 2.75) is 19.5 Å². The second-order valence-corrected chi connectivity index (χ2v) is 9.32. The Balaban J connectivity index is 0.00000289. The molecule has 12 heteroatoms. The van der Waals surface area contributed by atoms with E-state index in [2.05, 4.69) is 47.8 Å². The van der Waals surface area contributed by atoms with Crippen molar-refractivity contribution in [1.82, 2.24) is 20.3 Å². The molecule has 3 aromatic rings. The molecule has 0 saturated carbocycles. The predicted octanol–water partition coefficient (Wildman–Crippen LogP) is 3.32. The Labute approximate surface area is 197 Å². The van der Waals surface area contributed by atoms with E-state index in [1.807, 2.05) is 6.07 Å². The molecular formula is C20H23Cl2N7O2S. The van der Waals surface area contributed by atoms with E-state index < -0.39 is 10.0 Å². The van der Waals surface area contributed by atoms with Crippen LogP contribution in [0.5, 0.6) is 0 Å². The summed E-state index contributed by atoms with van der Waals surface area (Å²) in [6.45, 7) is 2.12. The topological polar surface area (TPSA) is 121 Å². The number of halogens is 2. The summed E-state index contributed by atoms with van der Waals surface area (Å²) >= 11 is 6.26. The van der Waals surface area contributed by atoms with E-state index >= 15 is 0 Å². The Morgan fingerprint density at radius 2 is 2.00 bits per heavy atom. The van der Waals surface area contributed by atoms with Gasteiger partial charge in [0.1, 0.15) is 10.8 Å². The number of benzene rings is 1. The quantitative estimate of drug-likeness (QED) is 0.393. The van der Waals surface area contributed by atoms with Crippen molar-refractivity contribution >= 4 is 57.3 Å². The molecule has 9 nitrogen and oxygen atoms in total. The molecule has 1 aliphatic heterocycles. The number of hydrogen-bond donors (Lipinski definition) is 4. The van der Waals surface area contributed by atoms with Crippen LogP contribution in [0.3, 0.4) is 0 Å². The van der Waals surface area contributed by atoms with Crippen molar-refractivity contribution in [2.24, 2.45) is 0 Å². The molecule has 0 fully saturated rings. The second-order valence-electron chi connectivity index (χ2n) is 7.16. The summed E-state index contributed by atoms with van der Waals surface area (Å²) in [7, 11) is -3.44. The lowest BCUT2D eigenvalue weighted by atomic mass is 10.0. The van der Waals surface area contributed by atoms with Crippen LogP contribution in [0.15, 0.2) is 42.7 Å². The zero-order chi connectivity index (χ0) is 21.8. The molecule has 4 rings (SSSR count). The smallest absolute Gasteiger partial charge is 0.230 e. The normalized spacial score (nSPS) is 12.9. The van der Waals surface area contributed by atoms with Crippen molar-refractivity contribution in [3.05, 3.63) is 64.4 Å². The van der Waals surface area contributed by atoms with Crippen LogP contribution < -0.4 is 20.7 Å². The van der Waals surface area contributed by atoms with Gasteiger partial charge in [-0.25, -0.2) is 18.4 Å². The summed E-state index contributed by atoms with van der Waals surface area (Å²) in [6, 6.07) is 9.70.